The van der Waals surface area contributed by atoms with E-state index in [1.807, 2.05) is 0 Å². The van der Waals surface area contributed by atoms with Crippen LogP contribution in [0.4, 0.5) is 21.0 Å². The van der Waals surface area contributed by atoms with Crippen LogP contribution >= 0.6 is 0 Å². The van der Waals surface area contributed by atoms with Gasteiger partial charge in [0.05, 0.1) is 11.4 Å². The molecule has 0 heterocycles. The zero-order valence-corrected chi connectivity index (χ0v) is 19.6. The number of hydrogen-bond acceptors (Lipinski definition) is 6. The second kappa shape index (κ2) is 11.4. The SMILES string of the molecule is O=C(O)Oc1cc(-c2ccc(NC(=O)c3ccccc3)c(OC(=O)O)c2)ccc1NC(=O)c1ccccc1. The third kappa shape index (κ3) is 6.32. The highest BCUT2D eigenvalue weighted by Crippen LogP contribution is 2.36. The molecule has 4 N–H and O–H groups in total. The van der Waals surface area contributed by atoms with E-state index in [2.05, 4.69) is 10.6 Å². The van der Waals surface area contributed by atoms with Crippen LogP contribution in [0.25, 0.3) is 11.1 Å². The minimum atomic E-state index is -1.59. The van der Waals surface area contributed by atoms with Crippen molar-refractivity contribution in [1.82, 2.24) is 0 Å². The lowest BCUT2D eigenvalue weighted by atomic mass is 10.0. The fraction of sp³-hybridized carbons (Fsp3) is 0. The van der Waals surface area contributed by atoms with Crippen LogP contribution in [-0.4, -0.2) is 34.3 Å². The van der Waals surface area contributed by atoms with Gasteiger partial charge >= 0.3 is 12.3 Å². The fourth-order valence-corrected chi connectivity index (χ4v) is 3.54. The maximum atomic E-state index is 12.6. The average molecular weight is 512 g/mol. The quantitative estimate of drug-likeness (QED) is 0.175. The van der Waals surface area contributed by atoms with Gasteiger partial charge in [0.25, 0.3) is 11.8 Å². The minimum Gasteiger partial charge on any atom is -0.449 e. The van der Waals surface area contributed by atoms with E-state index in [1.54, 1.807) is 72.8 Å². The van der Waals surface area contributed by atoms with Gasteiger partial charge in [-0.2, -0.15) is 0 Å². The Morgan fingerprint density at radius 3 is 1.24 bits per heavy atom. The second-order valence-corrected chi connectivity index (χ2v) is 7.80. The first-order valence-corrected chi connectivity index (χ1v) is 11.1. The second-order valence-electron chi connectivity index (χ2n) is 7.80. The van der Waals surface area contributed by atoms with Crippen LogP contribution in [0, 0.1) is 0 Å². The van der Waals surface area contributed by atoms with E-state index in [-0.39, 0.29) is 22.9 Å². The fourth-order valence-electron chi connectivity index (χ4n) is 3.54. The highest BCUT2D eigenvalue weighted by molar-refractivity contribution is 6.06. The highest BCUT2D eigenvalue weighted by atomic mass is 16.7. The number of benzene rings is 4. The van der Waals surface area contributed by atoms with Crippen molar-refractivity contribution >= 4 is 35.5 Å². The van der Waals surface area contributed by atoms with Crippen molar-refractivity contribution in [2.24, 2.45) is 0 Å². The summed E-state index contributed by atoms with van der Waals surface area (Å²) in [7, 11) is 0. The van der Waals surface area contributed by atoms with Crippen LogP contribution in [-0.2, 0) is 0 Å². The summed E-state index contributed by atoms with van der Waals surface area (Å²) in [5, 5.41) is 23.6. The smallest absolute Gasteiger partial charge is 0.449 e. The van der Waals surface area contributed by atoms with Crippen molar-refractivity contribution in [3.05, 3.63) is 108 Å². The van der Waals surface area contributed by atoms with Crippen molar-refractivity contribution in [2.75, 3.05) is 10.6 Å². The van der Waals surface area contributed by atoms with Crippen LogP contribution in [0.2, 0.25) is 0 Å². The highest BCUT2D eigenvalue weighted by Gasteiger charge is 2.17. The van der Waals surface area contributed by atoms with E-state index in [1.165, 1.54) is 24.3 Å². The summed E-state index contributed by atoms with van der Waals surface area (Å²) in [6, 6.07) is 25.5. The summed E-state index contributed by atoms with van der Waals surface area (Å²) in [5.41, 5.74) is 1.80. The van der Waals surface area contributed by atoms with Gasteiger partial charge in [0, 0.05) is 11.1 Å². The summed E-state index contributed by atoms with van der Waals surface area (Å²) in [6.07, 6.45) is -3.18. The molecule has 4 rings (SSSR count). The summed E-state index contributed by atoms with van der Waals surface area (Å²) >= 11 is 0. The van der Waals surface area contributed by atoms with Gasteiger partial charge in [0.15, 0.2) is 11.5 Å². The number of rotatable bonds is 7. The Balaban J connectivity index is 1.65. The van der Waals surface area contributed by atoms with Gasteiger partial charge in [-0.05, 0) is 59.7 Å². The Morgan fingerprint density at radius 2 is 0.895 bits per heavy atom. The maximum absolute atomic E-state index is 12.6. The summed E-state index contributed by atoms with van der Waals surface area (Å²) < 4.78 is 9.77. The molecule has 10 heteroatoms. The van der Waals surface area contributed by atoms with Crippen molar-refractivity contribution in [2.45, 2.75) is 0 Å². The molecule has 0 aliphatic rings. The molecule has 4 aromatic rings. The first-order chi connectivity index (χ1) is 18.3. The normalized spacial score (nSPS) is 10.2. The lowest BCUT2D eigenvalue weighted by Gasteiger charge is -2.14. The van der Waals surface area contributed by atoms with Gasteiger partial charge in [-0.25, -0.2) is 9.59 Å². The average Bonchev–Trinajstić information content (AvgIpc) is 2.91. The van der Waals surface area contributed by atoms with E-state index >= 15 is 0 Å². The van der Waals surface area contributed by atoms with Gasteiger partial charge in [-0.3, -0.25) is 9.59 Å². The number of carboxylic acid groups (broad SMARTS) is 2. The van der Waals surface area contributed by atoms with Crippen LogP contribution in [0.15, 0.2) is 97.1 Å². The number of anilines is 2. The van der Waals surface area contributed by atoms with Crippen molar-refractivity contribution in [3.8, 4) is 22.6 Å². The molecule has 190 valence electrons. The molecule has 0 aliphatic heterocycles. The standard InChI is InChI=1S/C28H20N2O8/c31-25(17-7-3-1-4-8-17)29-21-13-11-19(15-23(21)37-27(33)34)20-12-14-22(24(16-20)38-28(35)36)30-26(32)18-9-5-2-6-10-18/h1-16H,(H,29,31)(H,30,32)(H,33,34)(H,35,36). The summed E-state index contributed by atoms with van der Waals surface area (Å²) in [6.45, 7) is 0. The third-order valence-electron chi connectivity index (χ3n) is 5.26. The number of amides is 2. The van der Waals surface area contributed by atoms with E-state index in [0.29, 0.717) is 22.3 Å². The van der Waals surface area contributed by atoms with Crippen LogP contribution in [0.3, 0.4) is 0 Å². The molecular formula is C28H20N2O8. The number of nitrogens with one attached hydrogen (secondary N) is 2. The number of hydrogen-bond donors (Lipinski definition) is 4. The molecule has 0 bridgehead atoms. The largest absolute Gasteiger partial charge is 0.511 e. The van der Waals surface area contributed by atoms with Crippen molar-refractivity contribution < 1.29 is 38.9 Å². The molecule has 0 saturated carbocycles. The molecule has 38 heavy (non-hydrogen) atoms. The lowest BCUT2D eigenvalue weighted by Crippen LogP contribution is -2.14. The molecule has 0 aromatic heterocycles. The Kier molecular flexibility index (Phi) is 7.63. The van der Waals surface area contributed by atoms with E-state index in [0.717, 1.165) is 0 Å². The van der Waals surface area contributed by atoms with E-state index in [9.17, 15) is 29.4 Å². The van der Waals surface area contributed by atoms with Gasteiger partial charge in [-0.1, -0.05) is 48.5 Å². The molecule has 0 spiro atoms. The molecule has 4 aromatic carbocycles. The topological polar surface area (TPSA) is 151 Å². The summed E-state index contributed by atoms with van der Waals surface area (Å²) in [5.74, 6) is -1.24. The van der Waals surface area contributed by atoms with Crippen molar-refractivity contribution in [3.63, 3.8) is 0 Å². The third-order valence-corrected chi connectivity index (χ3v) is 5.26. The van der Waals surface area contributed by atoms with Gasteiger partial charge in [0.2, 0.25) is 0 Å². The predicted octanol–water partition coefficient (Wildman–Crippen LogP) is 5.97. The Labute approximate surface area is 216 Å². The predicted molar refractivity (Wildman–Crippen MR) is 138 cm³/mol. The molecule has 0 radical (unpaired) electrons. The zero-order chi connectivity index (χ0) is 27.1. The van der Waals surface area contributed by atoms with E-state index < -0.39 is 24.1 Å². The molecule has 0 atom stereocenters. The number of carbonyl (C=O) groups excluding carboxylic acids is 2. The van der Waals surface area contributed by atoms with E-state index in [4.69, 9.17) is 9.47 Å². The van der Waals surface area contributed by atoms with Crippen molar-refractivity contribution in [1.29, 1.82) is 0 Å². The molecule has 0 aliphatic carbocycles. The first-order valence-electron chi connectivity index (χ1n) is 11.1. The van der Waals surface area contributed by atoms with Crippen LogP contribution in [0.1, 0.15) is 20.7 Å². The molecule has 10 nitrogen and oxygen atoms in total. The van der Waals surface area contributed by atoms with Crippen LogP contribution < -0.4 is 20.1 Å². The minimum absolute atomic E-state index is 0.110. The number of carbonyl (C=O) groups is 4. The Hall–Kier alpha value is -5.64. The monoisotopic (exact) mass is 512 g/mol. The maximum Gasteiger partial charge on any atom is 0.511 e. The van der Waals surface area contributed by atoms with Gasteiger partial charge in [0.1, 0.15) is 0 Å². The molecular weight excluding hydrogens is 492 g/mol. The zero-order valence-electron chi connectivity index (χ0n) is 19.6. The lowest BCUT2D eigenvalue weighted by molar-refractivity contribution is 0.101. The Morgan fingerprint density at radius 1 is 0.526 bits per heavy atom. The molecule has 0 unspecified atom stereocenters. The Bertz CT molecular complexity index is 1390. The molecule has 0 fully saturated rings. The van der Waals surface area contributed by atoms with Crippen LogP contribution in [0.5, 0.6) is 11.5 Å². The number of ether oxygens (including phenoxy) is 2. The summed E-state index contributed by atoms with van der Waals surface area (Å²) in [4.78, 5) is 47.7. The van der Waals surface area contributed by atoms with Gasteiger partial charge in [-0.15, -0.1) is 0 Å². The molecule has 0 saturated heterocycles. The molecule has 2 amide bonds. The first kappa shape index (κ1) is 25.5. The van der Waals surface area contributed by atoms with Gasteiger partial charge < -0.3 is 30.3 Å².